The van der Waals surface area contributed by atoms with Crippen molar-refractivity contribution in [1.29, 1.82) is 0 Å². The summed E-state index contributed by atoms with van der Waals surface area (Å²) in [5.41, 5.74) is 1.18. The van der Waals surface area contributed by atoms with Crippen molar-refractivity contribution in [2.75, 3.05) is 0 Å². The molecule has 1 aliphatic carbocycles. The second kappa shape index (κ2) is 2.69. The Hall–Kier alpha value is -1.12. The van der Waals surface area contributed by atoms with Crippen molar-refractivity contribution in [1.82, 2.24) is 0 Å². The summed E-state index contributed by atoms with van der Waals surface area (Å²) in [6.07, 6.45) is 2.74. The topological polar surface area (TPSA) is 43.4 Å². The molecule has 0 unspecified atom stereocenters. The second-order valence-electron chi connectivity index (χ2n) is 3.95. The molecule has 0 amide bonds. The van der Waals surface area contributed by atoms with Gasteiger partial charge in [-0.05, 0) is 19.3 Å². The Morgan fingerprint density at radius 2 is 2.08 bits per heavy atom. The molecule has 0 aromatic rings. The van der Waals surface area contributed by atoms with Crippen LogP contribution in [0.25, 0.3) is 0 Å². The highest BCUT2D eigenvalue weighted by atomic mass is 16.6. The van der Waals surface area contributed by atoms with E-state index >= 15 is 0 Å². The van der Waals surface area contributed by atoms with Gasteiger partial charge in [0.1, 0.15) is 0 Å². The molecule has 70 valence electrons. The minimum absolute atomic E-state index is 0.137. The van der Waals surface area contributed by atoms with Gasteiger partial charge in [-0.2, -0.15) is 0 Å². The number of cyclic esters (lactones) is 2. The van der Waals surface area contributed by atoms with Gasteiger partial charge in [0, 0.05) is 0 Å². The van der Waals surface area contributed by atoms with Crippen LogP contribution < -0.4 is 0 Å². The zero-order valence-electron chi connectivity index (χ0n) is 7.74. The third kappa shape index (κ3) is 1.19. The van der Waals surface area contributed by atoms with E-state index in [2.05, 4.69) is 10.8 Å². The summed E-state index contributed by atoms with van der Waals surface area (Å²) in [5.74, 6) is -0.984. The van der Waals surface area contributed by atoms with E-state index in [0.29, 0.717) is 6.42 Å². The lowest BCUT2D eigenvalue weighted by Crippen LogP contribution is -2.27. The maximum absolute atomic E-state index is 11.3. The van der Waals surface area contributed by atoms with Gasteiger partial charge in [0.2, 0.25) is 0 Å². The van der Waals surface area contributed by atoms with Gasteiger partial charge in [0.15, 0.2) is 0 Å². The molecule has 3 atom stereocenters. The number of ether oxygens (including phenoxy) is 1. The number of esters is 2. The quantitative estimate of drug-likeness (QED) is 0.320. The summed E-state index contributed by atoms with van der Waals surface area (Å²) in [5, 5.41) is 0. The Morgan fingerprint density at radius 3 is 2.77 bits per heavy atom. The minimum atomic E-state index is -0.341. The third-order valence-electron chi connectivity index (χ3n) is 2.87. The Labute approximate surface area is 76.8 Å². The number of hydrogen-bond acceptors (Lipinski definition) is 3. The molecule has 1 heterocycles. The largest absolute Gasteiger partial charge is 0.393 e. The highest BCUT2D eigenvalue weighted by Crippen LogP contribution is 2.39. The zero-order chi connectivity index (χ0) is 9.59. The van der Waals surface area contributed by atoms with E-state index in [1.54, 1.807) is 0 Å². The number of hydrogen-bond donors (Lipinski definition) is 0. The Kier molecular flexibility index (Phi) is 1.75. The summed E-state index contributed by atoms with van der Waals surface area (Å²) < 4.78 is 4.62. The van der Waals surface area contributed by atoms with Gasteiger partial charge in [-0.1, -0.05) is 18.6 Å². The molecule has 1 fully saturated rings. The zero-order valence-corrected chi connectivity index (χ0v) is 7.74. The standard InChI is InChI=1S/C10H12O3/c1-5-3-6(2)8-7(4-5)9(11)13-10(8)12/h3,6-8H,4H2,1-2H3/t6-,7+,8-/m1/s1. The average molecular weight is 180 g/mol. The van der Waals surface area contributed by atoms with E-state index in [0.717, 1.165) is 0 Å². The lowest BCUT2D eigenvalue weighted by atomic mass is 9.76. The van der Waals surface area contributed by atoms with E-state index in [4.69, 9.17) is 0 Å². The Balaban J connectivity index is 2.34. The molecule has 1 aliphatic heterocycles. The summed E-state index contributed by atoms with van der Waals surface area (Å²) in [6, 6.07) is 0. The van der Waals surface area contributed by atoms with Gasteiger partial charge in [-0.3, -0.25) is 9.59 Å². The van der Waals surface area contributed by atoms with E-state index in [9.17, 15) is 9.59 Å². The first-order valence-corrected chi connectivity index (χ1v) is 4.52. The molecule has 13 heavy (non-hydrogen) atoms. The SMILES string of the molecule is CC1=C[C@@H](C)[C@H]2C(=O)OC(=O)[C@H]2C1. The molecule has 1 saturated heterocycles. The molecule has 3 heteroatoms. The van der Waals surface area contributed by atoms with Crippen LogP contribution in [-0.2, 0) is 14.3 Å². The minimum Gasteiger partial charge on any atom is -0.393 e. The fourth-order valence-corrected chi connectivity index (χ4v) is 2.31. The summed E-state index contributed by atoms with van der Waals surface area (Å²) in [7, 11) is 0. The fourth-order valence-electron chi connectivity index (χ4n) is 2.31. The van der Waals surface area contributed by atoms with Crippen molar-refractivity contribution in [3.05, 3.63) is 11.6 Å². The predicted molar refractivity (Wildman–Crippen MR) is 45.6 cm³/mol. The highest BCUT2D eigenvalue weighted by molar-refractivity contribution is 5.97. The van der Waals surface area contributed by atoms with Gasteiger partial charge < -0.3 is 4.74 Å². The molecule has 0 aromatic heterocycles. The number of allylic oxidation sites excluding steroid dienone is 2. The van der Waals surface area contributed by atoms with Gasteiger partial charge in [0.05, 0.1) is 11.8 Å². The molecule has 3 nitrogen and oxygen atoms in total. The molecule has 0 radical (unpaired) electrons. The van der Waals surface area contributed by atoms with Crippen molar-refractivity contribution in [3.63, 3.8) is 0 Å². The van der Waals surface area contributed by atoms with Crippen LogP contribution in [0.15, 0.2) is 11.6 Å². The van der Waals surface area contributed by atoms with E-state index < -0.39 is 0 Å². The van der Waals surface area contributed by atoms with Crippen LogP contribution in [0, 0.1) is 17.8 Å². The van der Waals surface area contributed by atoms with E-state index in [-0.39, 0.29) is 29.7 Å². The van der Waals surface area contributed by atoms with Crippen LogP contribution in [0.5, 0.6) is 0 Å². The van der Waals surface area contributed by atoms with Crippen molar-refractivity contribution < 1.29 is 14.3 Å². The van der Waals surface area contributed by atoms with Gasteiger partial charge in [-0.25, -0.2) is 0 Å². The first-order valence-electron chi connectivity index (χ1n) is 4.52. The molecular weight excluding hydrogens is 168 g/mol. The lowest BCUT2D eigenvalue weighted by molar-refractivity contribution is -0.153. The first-order chi connectivity index (χ1) is 6.09. The molecule has 0 spiro atoms. The van der Waals surface area contributed by atoms with Gasteiger partial charge in [-0.15, -0.1) is 0 Å². The van der Waals surface area contributed by atoms with Crippen LogP contribution in [0.3, 0.4) is 0 Å². The third-order valence-corrected chi connectivity index (χ3v) is 2.87. The van der Waals surface area contributed by atoms with E-state index in [1.165, 1.54) is 5.57 Å². The van der Waals surface area contributed by atoms with Crippen LogP contribution in [0.2, 0.25) is 0 Å². The lowest BCUT2D eigenvalue weighted by Gasteiger charge is -2.23. The monoisotopic (exact) mass is 180 g/mol. The Morgan fingerprint density at radius 1 is 1.38 bits per heavy atom. The average Bonchev–Trinajstić information content (AvgIpc) is 2.27. The van der Waals surface area contributed by atoms with Crippen LogP contribution in [-0.4, -0.2) is 11.9 Å². The van der Waals surface area contributed by atoms with Crippen LogP contribution >= 0.6 is 0 Å². The summed E-state index contributed by atoms with van der Waals surface area (Å²) in [6.45, 7) is 3.95. The summed E-state index contributed by atoms with van der Waals surface area (Å²) >= 11 is 0. The van der Waals surface area contributed by atoms with Crippen LogP contribution in [0.1, 0.15) is 20.3 Å². The first kappa shape index (κ1) is 8.48. The fraction of sp³-hybridized carbons (Fsp3) is 0.600. The van der Waals surface area contributed by atoms with Crippen LogP contribution in [0.4, 0.5) is 0 Å². The normalized spacial score (nSPS) is 38.3. The number of carbonyl (C=O) groups is 2. The smallest absolute Gasteiger partial charge is 0.318 e. The van der Waals surface area contributed by atoms with Crippen molar-refractivity contribution in [2.24, 2.45) is 17.8 Å². The highest BCUT2D eigenvalue weighted by Gasteiger charge is 2.48. The maximum atomic E-state index is 11.3. The summed E-state index contributed by atoms with van der Waals surface area (Å²) in [4.78, 5) is 22.5. The van der Waals surface area contributed by atoms with Crippen molar-refractivity contribution in [3.8, 4) is 0 Å². The number of rotatable bonds is 0. The molecule has 2 aliphatic rings. The number of fused-ring (bicyclic) bond motifs is 1. The molecule has 0 saturated carbocycles. The molecular formula is C10H12O3. The molecule has 0 N–H and O–H groups in total. The molecule has 0 bridgehead atoms. The van der Waals surface area contributed by atoms with Crippen molar-refractivity contribution >= 4 is 11.9 Å². The van der Waals surface area contributed by atoms with Gasteiger partial charge in [0.25, 0.3) is 0 Å². The molecule has 0 aromatic carbocycles. The molecule has 2 rings (SSSR count). The maximum Gasteiger partial charge on any atom is 0.318 e. The van der Waals surface area contributed by atoms with Crippen molar-refractivity contribution in [2.45, 2.75) is 20.3 Å². The predicted octanol–water partition coefficient (Wildman–Crippen LogP) is 1.29. The number of carbonyl (C=O) groups excluding carboxylic acids is 2. The van der Waals surface area contributed by atoms with E-state index in [1.807, 2.05) is 13.8 Å². The van der Waals surface area contributed by atoms with Gasteiger partial charge >= 0.3 is 11.9 Å². The second-order valence-corrected chi connectivity index (χ2v) is 3.95. The Bertz CT molecular complexity index is 303.